The third-order valence-electron chi connectivity index (χ3n) is 2.89. The molecule has 1 aliphatic rings. The lowest BCUT2D eigenvalue weighted by Gasteiger charge is -2.29. The van der Waals surface area contributed by atoms with Crippen LogP contribution in [-0.2, 0) is 9.53 Å². The Kier molecular flexibility index (Phi) is 5.77. The van der Waals surface area contributed by atoms with Crippen LogP contribution in [-0.4, -0.2) is 37.2 Å². The highest BCUT2D eigenvalue weighted by Gasteiger charge is 2.20. The summed E-state index contributed by atoms with van der Waals surface area (Å²) in [6.07, 6.45) is 3.74. The zero-order valence-electron chi connectivity index (χ0n) is 10.6. The molecule has 4 heteroatoms. The standard InChI is InChI=1S/C12H24N2O2/c1-9(2)16-8-12(15)14-10(3)11-6-4-5-7-13-11/h9-11,13H,4-8H2,1-3H3,(H,14,15). The Morgan fingerprint density at radius 1 is 1.44 bits per heavy atom. The lowest BCUT2D eigenvalue weighted by atomic mass is 9.99. The van der Waals surface area contributed by atoms with Gasteiger partial charge in [0.2, 0.25) is 5.91 Å². The molecule has 0 aromatic heterocycles. The van der Waals surface area contributed by atoms with Gasteiger partial charge < -0.3 is 15.4 Å². The second kappa shape index (κ2) is 6.86. The molecule has 1 heterocycles. The molecule has 0 spiro atoms. The van der Waals surface area contributed by atoms with E-state index in [1.807, 2.05) is 13.8 Å². The summed E-state index contributed by atoms with van der Waals surface area (Å²) in [5.41, 5.74) is 0. The molecule has 0 radical (unpaired) electrons. The minimum absolute atomic E-state index is 0.0198. The van der Waals surface area contributed by atoms with Crippen LogP contribution in [0.15, 0.2) is 0 Å². The van der Waals surface area contributed by atoms with E-state index >= 15 is 0 Å². The number of rotatable bonds is 5. The molecule has 2 unspecified atom stereocenters. The summed E-state index contributed by atoms with van der Waals surface area (Å²) in [6, 6.07) is 0.598. The molecule has 2 atom stereocenters. The highest BCUT2D eigenvalue weighted by atomic mass is 16.5. The van der Waals surface area contributed by atoms with Crippen molar-refractivity contribution in [3.8, 4) is 0 Å². The average Bonchev–Trinajstić information content (AvgIpc) is 2.27. The fourth-order valence-electron chi connectivity index (χ4n) is 1.94. The minimum atomic E-state index is -0.0198. The van der Waals surface area contributed by atoms with E-state index in [4.69, 9.17) is 4.74 Å². The molecule has 0 aliphatic carbocycles. The normalized spacial score (nSPS) is 23.1. The second-order valence-corrected chi connectivity index (χ2v) is 4.77. The highest BCUT2D eigenvalue weighted by molar-refractivity contribution is 5.77. The molecule has 0 aromatic carbocycles. The van der Waals surface area contributed by atoms with E-state index in [0.717, 1.165) is 13.0 Å². The highest BCUT2D eigenvalue weighted by Crippen LogP contribution is 2.10. The van der Waals surface area contributed by atoms with E-state index < -0.39 is 0 Å². The molecule has 2 N–H and O–H groups in total. The van der Waals surface area contributed by atoms with Gasteiger partial charge in [0.15, 0.2) is 0 Å². The van der Waals surface area contributed by atoms with Crippen LogP contribution in [0.2, 0.25) is 0 Å². The summed E-state index contributed by atoms with van der Waals surface area (Å²) in [7, 11) is 0. The van der Waals surface area contributed by atoms with Gasteiger partial charge in [-0.15, -0.1) is 0 Å². The predicted octanol–water partition coefficient (Wildman–Crippen LogP) is 1.06. The first-order valence-electron chi connectivity index (χ1n) is 6.24. The van der Waals surface area contributed by atoms with Crippen molar-refractivity contribution in [1.82, 2.24) is 10.6 Å². The first-order chi connectivity index (χ1) is 7.59. The third-order valence-corrected chi connectivity index (χ3v) is 2.89. The van der Waals surface area contributed by atoms with Crippen molar-refractivity contribution in [3.05, 3.63) is 0 Å². The Hall–Kier alpha value is -0.610. The Bertz CT molecular complexity index is 213. The van der Waals surface area contributed by atoms with Gasteiger partial charge in [0.1, 0.15) is 6.61 Å². The monoisotopic (exact) mass is 228 g/mol. The van der Waals surface area contributed by atoms with Gasteiger partial charge in [0.05, 0.1) is 6.10 Å². The number of nitrogens with one attached hydrogen (secondary N) is 2. The SMILES string of the molecule is CC(C)OCC(=O)NC(C)C1CCCCN1. The van der Waals surface area contributed by atoms with Crippen LogP contribution in [0.25, 0.3) is 0 Å². The van der Waals surface area contributed by atoms with Gasteiger partial charge >= 0.3 is 0 Å². The van der Waals surface area contributed by atoms with Gasteiger partial charge in [-0.3, -0.25) is 4.79 Å². The fourth-order valence-corrected chi connectivity index (χ4v) is 1.94. The van der Waals surface area contributed by atoms with Gasteiger partial charge in [-0.25, -0.2) is 0 Å². The van der Waals surface area contributed by atoms with Gasteiger partial charge in [0.25, 0.3) is 0 Å². The largest absolute Gasteiger partial charge is 0.369 e. The third kappa shape index (κ3) is 4.94. The van der Waals surface area contributed by atoms with Crippen LogP contribution in [0.5, 0.6) is 0 Å². The van der Waals surface area contributed by atoms with E-state index in [2.05, 4.69) is 17.6 Å². The molecular formula is C12H24N2O2. The average molecular weight is 228 g/mol. The Morgan fingerprint density at radius 3 is 2.75 bits per heavy atom. The Labute approximate surface area is 98.1 Å². The molecule has 1 fully saturated rings. The lowest BCUT2D eigenvalue weighted by molar-refractivity contribution is -0.127. The number of carbonyl (C=O) groups is 1. The Morgan fingerprint density at radius 2 is 2.19 bits per heavy atom. The van der Waals surface area contributed by atoms with Gasteiger partial charge in [-0.05, 0) is 40.2 Å². The number of amides is 1. The van der Waals surface area contributed by atoms with Gasteiger partial charge in [0, 0.05) is 12.1 Å². The Balaban J connectivity index is 2.21. The first kappa shape index (κ1) is 13.5. The molecule has 1 amide bonds. The molecule has 0 bridgehead atoms. The van der Waals surface area contributed by atoms with Crippen molar-refractivity contribution in [2.75, 3.05) is 13.2 Å². The molecule has 16 heavy (non-hydrogen) atoms. The summed E-state index contributed by atoms with van der Waals surface area (Å²) in [5, 5.41) is 6.41. The van der Waals surface area contributed by atoms with Crippen molar-refractivity contribution < 1.29 is 9.53 Å². The molecule has 0 aromatic rings. The minimum Gasteiger partial charge on any atom is -0.369 e. The summed E-state index contributed by atoms with van der Waals surface area (Å²) in [4.78, 5) is 11.5. The van der Waals surface area contributed by atoms with E-state index in [1.165, 1.54) is 12.8 Å². The summed E-state index contributed by atoms with van der Waals surface area (Å²) < 4.78 is 5.26. The zero-order valence-corrected chi connectivity index (χ0v) is 10.6. The number of carbonyl (C=O) groups excluding carboxylic acids is 1. The smallest absolute Gasteiger partial charge is 0.246 e. The van der Waals surface area contributed by atoms with Crippen molar-refractivity contribution in [1.29, 1.82) is 0 Å². The van der Waals surface area contributed by atoms with Gasteiger partial charge in [-0.2, -0.15) is 0 Å². The van der Waals surface area contributed by atoms with Crippen LogP contribution in [0.3, 0.4) is 0 Å². The lowest BCUT2D eigenvalue weighted by Crippen LogP contribution is -2.50. The molecule has 1 rings (SSSR count). The maximum Gasteiger partial charge on any atom is 0.246 e. The summed E-state index contributed by atoms with van der Waals surface area (Å²) >= 11 is 0. The van der Waals surface area contributed by atoms with Crippen molar-refractivity contribution >= 4 is 5.91 Å². The van der Waals surface area contributed by atoms with E-state index in [1.54, 1.807) is 0 Å². The molecule has 4 nitrogen and oxygen atoms in total. The van der Waals surface area contributed by atoms with E-state index in [-0.39, 0.29) is 24.7 Å². The predicted molar refractivity (Wildman–Crippen MR) is 64.3 cm³/mol. The van der Waals surface area contributed by atoms with Crippen LogP contribution in [0, 0.1) is 0 Å². The fraction of sp³-hybridized carbons (Fsp3) is 0.917. The molecule has 94 valence electrons. The van der Waals surface area contributed by atoms with Gasteiger partial charge in [-0.1, -0.05) is 6.42 Å². The van der Waals surface area contributed by atoms with Crippen molar-refractivity contribution in [2.45, 2.75) is 58.2 Å². The van der Waals surface area contributed by atoms with E-state index in [0.29, 0.717) is 6.04 Å². The van der Waals surface area contributed by atoms with Crippen molar-refractivity contribution in [2.24, 2.45) is 0 Å². The molecular weight excluding hydrogens is 204 g/mol. The van der Waals surface area contributed by atoms with Crippen LogP contribution >= 0.6 is 0 Å². The molecule has 0 saturated carbocycles. The zero-order chi connectivity index (χ0) is 12.0. The first-order valence-corrected chi connectivity index (χ1v) is 6.24. The number of piperidine rings is 1. The van der Waals surface area contributed by atoms with Crippen LogP contribution in [0.4, 0.5) is 0 Å². The topological polar surface area (TPSA) is 50.4 Å². The maximum absolute atomic E-state index is 11.5. The second-order valence-electron chi connectivity index (χ2n) is 4.77. The molecule has 1 aliphatic heterocycles. The maximum atomic E-state index is 11.5. The quantitative estimate of drug-likeness (QED) is 0.739. The number of hydrogen-bond donors (Lipinski definition) is 2. The summed E-state index contributed by atoms with van der Waals surface area (Å²) in [5.74, 6) is -0.0198. The van der Waals surface area contributed by atoms with Crippen molar-refractivity contribution in [3.63, 3.8) is 0 Å². The number of ether oxygens (including phenoxy) is 1. The number of hydrogen-bond acceptors (Lipinski definition) is 3. The summed E-state index contributed by atoms with van der Waals surface area (Å²) in [6.45, 7) is 7.14. The van der Waals surface area contributed by atoms with Crippen LogP contribution < -0.4 is 10.6 Å². The molecule has 1 saturated heterocycles. The van der Waals surface area contributed by atoms with Crippen LogP contribution in [0.1, 0.15) is 40.0 Å². The van der Waals surface area contributed by atoms with E-state index in [9.17, 15) is 4.79 Å².